The SMILES string of the molecule is OCNCC[C@H](O)CO. The summed E-state index contributed by atoms with van der Waals surface area (Å²) in [6.45, 7) is 0.226. The summed E-state index contributed by atoms with van der Waals surface area (Å²) in [4.78, 5) is 0. The second kappa shape index (κ2) is 5.97. The second-order valence-electron chi connectivity index (χ2n) is 1.78. The van der Waals surface area contributed by atoms with Gasteiger partial charge in [0.05, 0.1) is 19.4 Å². The first-order valence-corrected chi connectivity index (χ1v) is 2.91. The van der Waals surface area contributed by atoms with Gasteiger partial charge in [-0.05, 0) is 13.0 Å². The lowest BCUT2D eigenvalue weighted by atomic mass is 10.3. The van der Waals surface area contributed by atoms with E-state index in [2.05, 4.69) is 5.32 Å². The van der Waals surface area contributed by atoms with E-state index >= 15 is 0 Å². The Morgan fingerprint density at radius 1 is 1.33 bits per heavy atom. The molecule has 0 aromatic carbocycles. The van der Waals surface area contributed by atoms with Crippen molar-refractivity contribution < 1.29 is 15.3 Å². The Labute approximate surface area is 54.1 Å². The fourth-order valence-electron chi connectivity index (χ4n) is 0.439. The van der Waals surface area contributed by atoms with Gasteiger partial charge in [-0.2, -0.15) is 0 Å². The van der Waals surface area contributed by atoms with E-state index in [-0.39, 0.29) is 13.3 Å². The van der Waals surface area contributed by atoms with Crippen molar-refractivity contribution in [2.75, 3.05) is 19.9 Å². The Morgan fingerprint density at radius 2 is 2.00 bits per heavy atom. The molecule has 0 saturated heterocycles. The van der Waals surface area contributed by atoms with Crippen LogP contribution in [0, 0.1) is 0 Å². The third-order valence-electron chi connectivity index (χ3n) is 0.977. The van der Waals surface area contributed by atoms with E-state index in [1.54, 1.807) is 0 Å². The maximum Gasteiger partial charge on any atom is 0.0931 e. The van der Waals surface area contributed by atoms with Crippen LogP contribution in [0.4, 0.5) is 0 Å². The molecule has 0 amide bonds. The first-order valence-electron chi connectivity index (χ1n) is 2.91. The Kier molecular flexibility index (Phi) is 5.86. The highest BCUT2D eigenvalue weighted by atomic mass is 16.3. The third kappa shape index (κ3) is 5.72. The lowest BCUT2D eigenvalue weighted by Crippen LogP contribution is -2.22. The molecular formula is C5H13NO3. The summed E-state index contributed by atoms with van der Waals surface area (Å²) in [7, 11) is 0. The van der Waals surface area contributed by atoms with Crippen LogP contribution in [0.5, 0.6) is 0 Å². The van der Waals surface area contributed by atoms with Gasteiger partial charge in [0.15, 0.2) is 0 Å². The molecule has 0 heterocycles. The molecule has 4 heteroatoms. The molecule has 0 aliphatic rings. The van der Waals surface area contributed by atoms with E-state index in [9.17, 15) is 0 Å². The number of aliphatic hydroxyl groups excluding tert-OH is 3. The number of aliphatic hydroxyl groups is 3. The van der Waals surface area contributed by atoms with Crippen molar-refractivity contribution in [3.63, 3.8) is 0 Å². The Hall–Kier alpha value is -0.160. The van der Waals surface area contributed by atoms with Crippen molar-refractivity contribution in [2.24, 2.45) is 0 Å². The highest BCUT2D eigenvalue weighted by Gasteiger charge is 1.98. The van der Waals surface area contributed by atoms with Crippen molar-refractivity contribution in [2.45, 2.75) is 12.5 Å². The Balaban J connectivity index is 2.88. The van der Waals surface area contributed by atoms with Gasteiger partial charge in [-0.25, -0.2) is 0 Å². The van der Waals surface area contributed by atoms with E-state index < -0.39 is 6.10 Å². The first-order chi connectivity index (χ1) is 4.31. The summed E-state index contributed by atoms with van der Waals surface area (Å²) in [5, 5.41) is 27.8. The van der Waals surface area contributed by atoms with Crippen molar-refractivity contribution >= 4 is 0 Å². The zero-order valence-corrected chi connectivity index (χ0v) is 5.25. The molecule has 4 nitrogen and oxygen atoms in total. The summed E-state index contributed by atoms with van der Waals surface area (Å²) in [5.74, 6) is 0. The average molecular weight is 135 g/mol. The molecule has 0 fully saturated rings. The summed E-state index contributed by atoms with van der Waals surface area (Å²) in [6, 6.07) is 0. The molecule has 0 bridgehead atoms. The lowest BCUT2D eigenvalue weighted by Gasteiger charge is -2.05. The van der Waals surface area contributed by atoms with Crippen molar-refractivity contribution in [3.8, 4) is 0 Å². The fourth-order valence-corrected chi connectivity index (χ4v) is 0.439. The van der Waals surface area contributed by atoms with Crippen LogP contribution in [0.1, 0.15) is 6.42 Å². The van der Waals surface area contributed by atoms with Crippen LogP contribution >= 0.6 is 0 Å². The minimum Gasteiger partial charge on any atom is -0.394 e. The second-order valence-corrected chi connectivity index (χ2v) is 1.78. The molecule has 0 aliphatic carbocycles. The molecule has 1 atom stereocenters. The topological polar surface area (TPSA) is 72.7 Å². The van der Waals surface area contributed by atoms with Crippen molar-refractivity contribution in [1.82, 2.24) is 5.32 Å². The highest BCUT2D eigenvalue weighted by molar-refractivity contribution is 4.53. The van der Waals surface area contributed by atoms with E-state index in [4.69, 9.17) is 15.3 Å². The van der Waals surface area contributed by atoms with Crippen molar-refractivity contribution in [3.05, 3.63) is 0 Å². The van der Waals surface area contributed by atoms with Gasteiger partial charge in [-0.15, -0.1) is 0 Å². The minimum absolute atomic E-state index is 0.0852. The third-order valence-corrected chi connectivity index (χ3v) is 0.977. The molecule has 0 spiro atoms. The maximum absolute atomic E-state index is 8.71. The fraction of sp³-hybridized carbons (Fsp3) is 1.00. The van der Waals surface area contributed by atoms with E-state index in [0.29, 0.717) is 13.0 Å². The molecular weight excluding hydrogens is 122 g/mol. The number of hydrogen-bond acceptors (Lipinski definition) is 4. The molecule has 9 heavy (non-hydrogen) atoms. The van der Waals surface area contributed by atoms with Gasteiger partial charge in [0.2, 0.25) is 0 Å². The number of hydrogen-bond donors (Lipinski definition) is 4. The predicted octanol–water partition coefficient (Wildman–Crippen LogP) is -1.73. The zero-order valence-electron chi connectivity index (χ0n) is 5.25. The highest BCUT2D eigenvalue weighted by Crippen LogP contribution is 1.85. The van der Waals surface area contributed by atoms with Gasteiger partial charge in [0, 0.05) is 0 Å². The van der Waals surface area contributed by atoms with E-state index in [1.165, 1.54) is 0 Å². The van der Waals surface area contributed by atoms with E-state index in [0.717, 1.165) is 0 Å². The smallest absolute Gasteiger partial charge is 0.0931 e. The zero-order chi connectivity index (χ0) is 7.11. The van der Waals surface area contributed by atoms with Crippen LogP contribution in [-0.2, 0) is 0 Å². The van der Waals surface area contributed by atoms with Crippen LogP contribution < -0.4 is 5.32 Å². The van der Waals surface area contributed by atoms with Gasteiger partial charge in [-0.1, -0.05) is 0 Å². The maximum atomic E-state index is 8.71. The van der Waals surface area contributed by atoms with Gasteiger partial charge in [0.25, 0.3) is 0 Å². The van der Waals surface area contributed by atoms with Gasteiger partial charge < -0.3 is 15.3 Å². The average Bonchev–Trinajstić information content (AvgIpc) is 1.89. The molecule has 0 unspecified atom stereocenters. The molecule has 0 saturated carbocycles. The van der Waals surface area contributed by atoms with Gasteiger partial charge >= 0.3 is 0 Å². The number of rotatable bonds is 5. The minimum atomic E-state index is -0.663. The summed E-state index contributed by atoms with van der Waals surface area (Å²) < 4.78 is 0. The summed E-state index contributed by atoms with van der Waals surface area (Å²) in [6.07, 6.45) is -0.194. The molecule has 0 aromatic rings. The van der Waals surface area contributed by atoms with Crippen LogP contribution in [0.25, 0.3) is 0 Å². The largest absolute Gasteiger partial charge is 0.394 e. The molecule has 0 radical (unpaired) electrons. The molecule has 0 aliphatic heterocycles. The Bertz CT molecular complexity index is 60.2. The van der Waals surface area contributed by atoms with Crippen LogP contribution in [0.3, 0.4) is 0 Å². The number of nitrogens with one attached hydrogen (secondary N) is 1. The first kappa shape index (κ1) is 8.84. The standard InChI is InChI=1S/C5H13NO3/c7-3-5(9)1-2-6-4-8/h5-9H,1-4H2/t5-/m0/s1. The van der Waals surface area contributed by atoms with Gasteiger partial charge in [-0.3, -0.25) is 5.32 Å². The molecule has 56 valence electrons. The Morgan fingerprint density at radius 3 is 2.44 bits per heavy atom. The monoisotopic (exact) mass is 135 g/mol. The van der Waals surface area contributed by atoms with Crippen molar-refractivity contribution in [1.29, 1.82) is 0 Å². The summed E-state index contributed by atoms with van der Waals surface area (Å²) in [5.41, 5.74) is 0. The predicted molar refractivity (Wildman–Crippen MR) is 32.8 cm³/mol. The normalized spacial score (nSPS) is 13.7. The quantitative estimate of drug-likeness (QED) is 0.267. The van der Waals surface area contributed by atoms with Crippen LogP contribution in [0.2, 0.25) is 0 Å². The molecule has 0 aromatic heterocycles. The lowest BCUT2D eigenvalue weighted by molar-refractivity contribution is 0.0864. The van der Waals surface area contributed by atoms with E-state index in [1.807, 2.05) is 0 Å². The molecule has 4 N–H and O–H groups in total. The summed E-state index contributed by atoms with van der Waals surface area (Å²) >= 11 is 0. The molecule has 0 rings (SSSR count). The van der Waals surface area contributed by atoms with Crippen LogP contribution in [-0.4, -0.2) is 41.3 Å². The van der Waals surface area contributed by atoms with Gasteiger partial charge in [0.1, 0.15) is 0 Å². The van der Waals surface area contributed by atoms with Crippen LogP contribution in [0.15, 0.2) is 0 Å².